The van der Waals surface area contributed by atoms with Gasteiger partial charge in [0.25, 0.3) is 11.8 Å². The molecule has 0 atom stereocenters. The molecule has 0 saturated heterocycles. The van der Waals surface area contributed by atoms with E-state index in [0.29, 0.717) is 121 Å². The van der Waals surface area contributed by atoms with Crippen LogP contribution in [0.1, 0.15) is 73.6 Å². The van der Waals surface area contributed by atoms with Gasteiger partial charge in [-0.2, -0.15) is 0 Å². The van der Waals surface area contributed by atoms with E-state index in [4.69, 9.17) is 33.2 Å². The normalized spacial score (nSPS) is 11.8. The SMILES string of the molecule is CC(C)C(=O)CCC(=O)NCCCOCCOCCOCCCNC(=O)CI.CC(C)C(=O)COCCOCCNC(=O)CCN1C(=O)C=CC1=O.CC(C)C(=O)COCCOCCNC(=O)CI. The Labute approximate surface area is 435 Å². The summed E-state index contributed by atoms with van der Waals surface area (Å²) in [4.78, 5) is 103. The largest absolute Gasteiger partial charge is 0.379 e. The van der Waals surface area contributed by atoms with Crippen LogP contribution in [0.4, 0.5) is 0 Å². The van der Waals surface area contributed by atoms with Gasteiger partial charge in [-0.25, -0.2) is 0 Å². The van der Waals surface area contributed by atoms with Gasteiger partial charge < -0.3 is 54.4 Å². The van der Waals surface area contributed by atoms with E-state index in [2.05, 4.69) is 21.3 Å². The molecule has 1 aliphatic rings. The minimum atomic E-state index is -0.396. The van der Waals surface area contributed by atoms with E-state index in [9.17, 15) is 43.2 Å². The Morgan fingerprint density at radius 1 is 0.435 bits per heavy atom. The van der Waals surface area contributed by atoms with Crippen LogP contribution in [0.5, 0.6) is 0 Å². The molecule has 0 aliphatic carbocycles. The lowest BCUT2D eigenvalue weighted by Gasteiger charge is -2.13. The van der Waals surface area contributed by atoms with Crippen LogP contribution in [0.2, 0.25) is 0 Å². The third-order valence-electron chi connectivity index (χ3n) is 8.93. The minimum Gasteiger partial charge on any atom is -0.379 e. The second kappa shape index (κ2) is 47.3. The maximum Gasteiger partial charge on any atom is 0.253 e. The van der Waals surface area contributed by atoms with Gasteiger partial charge in [-0.1, -0.05) is 86.7 Å². The van der Waals surface area contributed by atoms with Crippen molar-refractivity contribution in [3.05, 3.63) is 12.2 Å². The molecule has 1 rings (SSSR count). The second-order valence-electron chi connectivity index (χ2n) is 15.8. The molecular formula is C46H79I2N5O16. The Balaban J connectivity index is 0. The van der Waals surface area contributed by atoms with Gasteiger partial charge in [0.15, 0.2) is 11.6 Å². The van der Waals surface area contributed by atoms with Crippen molar-refractivity contribution in [2.45, 2.75) is 73.6 Å². The first-order valence-corrected chi connectivity index (χ1v) is 26.4. The van der Waals surface area contributed by atoms with E-state index >= 15 is 0 Å². The molecule has 0 aromatic rings. The number of carbonyl (C=O) groups excluding carboxylic acids is 9. The summed E-state index contributed by atoms with van der Waals surface area (Å²) in [5, 5.41) is 10.9. The molecule has 0 spiro atoms. The molecule has 0 unspecified atom stereocenters. The number of rotatable bonds is 41. The highest BCUT2D eigenvalue weighted by molar-refractivity contribution is 14.1. The van der Waals surface area contributed by atoms with Crippen molar-refractivity contribution in [1.82, 2.24) is 26.2 Å². The zero-order valence-electron chi connectivity index (χ0n) is 41.5. The van der Waals surface area contributed by atoms with E-state index in [1.54, 1.807) is 0 Å². The lowest BCUT2D eigenvalue weighted by molar-refractivity contribution is -0.137. The molecule has 0 saturated carbocycles. The van der Waals surface area contributed by atoms with Gasteiger partial charge in [0.1, 0.15) is 19.0 Å². The van der Waals surface area contributed by atoms with Crippen LogP contribution in [0.15, 0.2) is 12.2 Å². The van der Waals surface area contributed by atoms with Gasteiger partial charge in [0.05, 0.1) is 74.9 Å². The molecule has 6 amide bonds. The number of halogens is 2. The number of ether oxygens (including phenoxy) is 7. The number of hydrogen-bond acceptors (Lipinski definition) is 16. The Bertz CT molecular complexity index is 1480. The van der Waals surface area contributed by atoms with Crippen LogP contribution in [0, 0.1) is 17.8 Å². The predicted molar refractivity (Wildman–Crippen MR) is 274 cm³/mol. The van der Waals surface area contributed by atoms with Crippen LogP contribution in [-0.2, 0) is 76.3 Å². The Hall–Kier alpha value is -3.05. The number of alkyl halides is 2. The van der Waals surface area contributed by atoms with E-state index in [1.807, 2.05) is 86.7 Å². The molecule has 21 nitrogen and oxygen atoms in total. The lowest BCUT2D eigenvalue weighted by atomic mass is 10.0. The average molecular weight is 1210 g/mol. The number of Topliss-reactive ketones (excluding diaryl/α,β-unsaturated/α-hetero) is 3. The molecule has 4 N–H and O–H groups in total. The summed E-state index contributed by atoms with van der Waals surface area (Å²) in [6.45, 7) is 18.7. The van der Waals surface area contributed by atoms with E-state index in [1.165, 1.54) is 12.2 Å². The summed E-state index contributed by atoms with van der Waals surface area (Å²) in [6.07, 6.45) is 4.49. The second-order valence-corrected chi connectivity index (χ2v) is 17.3. The van der Waals surface area contributed by atoms with Crippen molar-refractivity contribution in [2.24, 2.45) is 17.8 Å². The summed E-state index contributed by atoms with van der Waals surface area (Å²) in [6, 6.07) is 0. The summed E-state index contributed by atoms with van der Waals surface area (Å²) in [7, 11) is 0. The van der Waals surface area contributed by atoms with Gasteiger partial charge in [0, 0.05) is 95.1 Å². The maximum absolute atomic E-state index is 11.6. The third kappa shape index (κ3) is 44.6. The minimum absolute atomic E-state index is 0.00739. The standard InChI is InChI=1S/C19H35IN2O6.C16H24N2O6.C11H20INO4/c1-16(2)17(23)5-6-18(24)21-7-3-9-26-11-13-28-14-12-27-10-4-8-22-19(25)15-20;1-12(2)13(19)11-24-10-9-23-8-6-17-14(20)5-7-18-15(21)3-4-16(18)22;1-9(2)10(14)8-17-6-5-16-4-3-13-11(15)7-12/h16H,3-15H2,1-2H3,(H,21,24)(H,22,25);3-4,12H,5-11H2,1-2H3,(H,17,20);9H,3-8H2,1-2H3,(H,13,15). The van der Waals surface area contributed by atoms with Crippen LogP contribution in [-0.4, -0.2) is 192 Å². The molecule has 0 fully saturated rings. The monoisotopic (exact) mass is 1210 g/mol. The summed E-state index contributed by atoms with van der Waals surface area (Å²) in [5.41, 5.74) is 0. The molecule has 0 aromatic carbocycles. The Kier molecular flexibility index (Phi) is 46.6. The van der Waals surface area contributed by atoms with Crippen molar-refractivity contribution in [2.75, 3.05) is 134 Å². The fourth-order valence-electron chi connectivity index (χ4n) is 4.65. The van der Waals surface area contributed by atoms with Crippen LogP contribution < -0.4 is 21.3 Å². The fraction of sp³-hybridized carbons (Fsp3) is 0.761. The molecular weight excluding hydrogens is 1130 g/mol. The fourth-order valence-corrected chi connectivity index (χ4v) is 5.19. The number of nitrogens with one attached hydrogen (secondary N) is 4. The van der Waals surface area contributed by atoms with Gasteiger partial charge >= 0.3 is 0 Å². The number of nitrogens with zero attached hydrogens (tertiary/aromatic N) is 1. The highest BCUT2D eigenvalue weighted by Crippen LogP contribution is 2.04. The van der Waals surface area contributed by atoms with Gasteiger partial charge in [0.2, 0.25) is 23.6 Å². The maximum atomic E-state index is 11.6. The van der Waals surface area contributed by atoms with E-state index in [0.717, 1.165) is 17.7 Å². The molecule has 1 aliphatic heterocycles. The highest BCUT2D eigenvalue weighted by Gasteiger charge is 2.23. The van der Waals surface area contributed by atoms with Gasteiger partial charge in [-0.15, -0.1) is 0 Å². The Morgan fingerprint density at radius 2 is 0.768 bits per heavy atom. The number of amides is 6. The third-order valence-corrected chi connectivity index (χ3v) is 10.3. The van der Waals surface area contributed by atoms with E-state index in [-0.39, 0.29) is 91.3 Å². The summed E-state index contributed by atoms with van der Waals surface area (Å²) < 4.78 is 37.9. The predicted octanol–water partition coefficient (Wildman–Crippen LogP) is 1.96. The van der Waals surface area contributed by atoms with Crippen molar-refractivity contribution < 1.29 is 76.3 Å². The first-order chi connectivity index (χ1) is 33.0. The quantitative estimate of drug-likeness (QED) is 0.0295. The van der Waals surface area contributed by atoms with Crippen LogP contribution >= 0.6 is 45.2 Å². The molecule has 0 bridgehead atoms. The molecule has 0 radical (unpaired) electrons. The van der Waals surface area contributed by atoms with Gasteiger partial charge in [-0.3, -0.25) is 48.1 Å². The first-order valence-electron chi connectivity index (χ1n) is 23.3. The lowest BCUT2D eigenvalue weighted by Crippen LogP contribution is -2.35. The van der Waals surface area contributed by atoms with Crippen LogP contribution in [0.3, 0.4) is 0 Å². The van der Waals surface area contributed by atoms with Crippen molar-refractivity contribution in [1.29, 1.82) is 0 Å². The number of ketones is 3. The zero-order valence-corrected chi connectivity index (χ0v) is 45.8. The van der Waals surface area contributed by atoms with Crippen molar-refractivity contribution in [3.8, 4) is 0 Å². The number of imide groups is 1. The average Bonchev–Trinajstić information content (AvgIpc) is 3.65. The number of hydrogen-bond donors (Lipinski definition) is 4. The van der Waals surface area contributed by atoms with Crippen LogP contribution in [0.25, 0.3) is 0 Å². The smallest absolute Gasteiger partial charge is 0.253 e. The molecule has 0 aromatic heterocycles. The molecule has 398 valence electrons. The van der Waals surface area contributed by atoms with E-state index < -0.39 is 11.8 Å². The zero-order chi connectivity index (χ0) is 52.1. The van der Waals surface area contributed by atoms with Crippen molar-refractivity contribution in [3.63, 3.8) is 0 Å². The highest BCUT2D eigenvalue weighted by atomic mass is 127. The number of carbonyl (C=O) groups is 9. The Morgan fingerprint density at radius 3 is 1.17 bits per heavy atom. The molecule has 1 heterocycles. The molecule has 23 heteroatoms. The summed E-state index contributed by atoms with van der Waals surface area (Å²) >= 11 is 4.02. The summed E-state index contributed by atoms with van der Waals surface area (Å²) in [5.74, 6) is -0.876. The van der Waals surface area contributed by atoms with Crippen molar-refractivity contribution >= 4 is 98.0 Å². The first kappa shape index (κ1) is 68.0. The topological polar surface area (TPSA) is 270 Å². The van der Waals surface area contributed by atoms with Gasteiger partial charge in [-0.05, 0) is 12.8 Å². The molecule has 69 heavy (non-hydrogen) atoms.